The summed E-state index contributed by atoms with van der Waals surface area (Å²) < 4.78 is 60.9. The van der Waals surface area contributed by atoms with Crippen molar-refractivity contribution in [3.8, 4) is 0 Å². The number of hydrogen-bond donors (Lipinski definition) is 3. The molecule has 3 aromatic rings. The number of anilines is 4. The number of aryl methyl sites for hydroxylation is 1. The number of hydrogen-bond acceptors (Lipinski definition) is 9. The number of fused-ring (bicyclic) bond motifs is 1. The molecule has 1 aromatic carbocycles. The van der Waals surface area contributed by atoms with E-state index in [-0.39, 0.29) is 54.5 Å². The molecule has 2 aromatic heterocycles. The van der Waals surface area contributed by atoms with E-state index in [4.69, 9.17) is 4.42 Å². The smallest absolute Gasteiger partial charge is 0.262 e. The molecule has 2 saturated heterocycles. The molecule has 0 unspecified atom stereocenters. The van der Waals surface area contributed by atoms with E-state index in [1.54, 1.807) is 30.0 Å². The number of alkyl halides is 2. The lowest BCUT2D eigenvalue weighted by molar-refractivity contribution is -0.0222. The fourth-order valence-electron chi connectivity index (χ4n) is 5.88. The Kier molecular flexibility index (Phi) is 7.24. The van der Waals surface area contributed by atoms with Crippen LogP contribution in [-0.4, -0.2) is 73.9 Å². The van der Waals surface area contributed by atoms with Crippen LogP contribution in [0.25, 0.3) is 11.0 Å². The molecule has 0 radical (unpaired) electrons. The number of halogens is 2. The quantitative estimate of drug-likeness (QED) is 0.346. The highest BCUT2D eigenvalue weighted by atomic mass is 32.2. The minimum absolute atomic E-state index is 0.102. The van der Waals surface area contributed by atoms with Crippen LogP contribution < -0.4 is 19.8 Å². The highest BCUT2D eigenvalue weighted by molar-refractivity contribution is 7.92. The normalized spacial score (nSPS) is 19.7. The number of aliphatic hydroxyl groups excluding tert-OH is 1. The van der Waals surface area contributed by atoms with Crippen molar-refractivity contribution in [2.24, 2.45) is 5.41 Å². The molecule has 1 spiro atoms. The summed E-state index contributed by atoms with van der Waals surface area (Å²) >= 11 is 0. The maximum atomic E-state index is 14.0. The van der Waals surface area contributed by atoms with Gasteiger partial charge in [0.1, 0.15) is 11.4 Å². The fraction of sp³-hybridized carbons (Fsp3) is 0.536. The SMILES string of the molecule is Cc1cc(NC(=O)c2c(N3CCC4(CC3)CC4)cc(NS(=O)(=O)CCO)c3ccoc23)nc(N2CCC(F)(F)CC2)n1. The zero-order valence-electron chi connectivity index (χ0n) is 23.3. The van der Waals surface area contributed by atoms with Gasteiger partial charge in [-0.05, 0) is 50.2 Å². The predicted molar refractivity (Wildman–Crippen MR) is 155 cm³/mol. The summed E-state index contributed by atoms with van der Waals surface area (Å²) in [5.74, 6) is -3.21. The van der Waals surface area contributed by atoms with Gasteiger partial charge in [-0.15, -0.1) is 0 Å². The second kappa shape index (κ2) is 10.6. The minimum Gasteiger partial charge on any atom is -0.463 e. The third-order valence-electron chi connectivity index (χ3n) is 8.56. The van der Waals surface area contributed by atoms with E-state index in [0.29, 0.717) is 35.3 Å². The van der Waals surface area contributed by atoms with E-state index in [1.807, 2.05) is 0 Å². The molecule has 3 aliphatic rings. The van der Waals surface area contributed by atoms with E-state index in [9.17, 15) is 27.1 Å². The molecule has 14 heteroatoms. The van der Waals surface area contributed by atoms with Gasteiger partial charge in [-0.25, -0.2) is 22.2 Å². The summed E-state index contributed by atoms with van der Waals surface area (Å²) in [6.07, 6.45) is 5.14. The zero-order chi connectivity index (χ0) is 29.7. The van der Waals surface area contributed by atoms with Gasteiger partial charge in [0.15, 0.2) is 5.58 Å². The first-order chi connectivity index (χ1) is 20.0. The number of sulfonamides is 1. The van der Waals surface area contributed by atoms with Crippen LogP contribution in [0.15, 0.2) is 28.9 Å². The lowest BCUT2D eigenvalue weighted by Gasteiger charge is -2.35. The van der Waals surface area contributed by atoms with Crippen molar-refractivity contribution < 1.29 is 31.5 Å². The molecule has 3 N–H and O–H groups in total. The number of carbonyl (C=O) groups excluding carboxylic acids is 1. The Morgan fingerprint density at radius 3 is 2.40 bits per heavy atom. The number of amides is 1. The Balaban J connectivity index is 1.35. The maximum Gasteiger partial charge on any atom is 0.262 e. The summed E-state index contributed by atoms with van der Waals surface area (Å²) in [5.41, 5.74) is 2.16. The Labute approximate surface area is 242 Å². The summed E-state index contributed by atoms with van der Waals surface area (Å²) in [5, 5.41) is 12.5. The van der Waals surface area contributed by atoms with Gasteiger partial charge < -0.3 is 24.6 Å². The molecular weight excluding hydrogens is 570 g/mol. The van der Waals surface area contributed by atoms with Crippen LogP contribution in [0.2, 0.25) is 0 Å². The molecule has 1 aliphatic carbocycles. The number of nitrogens with zero attached hydrogens (tertiary/aromatic N) is 4. The Bertz CT molecular complexity index is 1600. The van der Waals surface area contributed by atoms with E-state index >= 15 is 0 Å². The summed E-state index contributed by atoms with van der Waals surface area (Å²) in [7, 11) is -3.85. The summed E-state index contributed by atoms with van der Waals surface area (Å²) in [6, 6.07) is 4.84. The van der Waals surface area contributed by atoms with E-state index in [0.717, 1.165) is 12.8 Å². The van der Waals surface area contributed by atoms with Crippen LogP contribution in [0.5, 0.6) is 0 Å². The lowest BCUT2D eigenvalue weighted by atomic mass is 9.92. The third kappa shape index (κ3) is 5.87. The molecule has 1 amide bonds. The molecule has 2 aliphatic heterocycles. The average molecular weight is 605 g/mol. The number of furan rings is 1. The topological polar surface area (TPSA) is 141 Å². The summed E-state index contributed by atoms with van der Waals surface area (Å²) in [4.78, 5) is 26.6. The van der Waals surface area contributed by atoms with Gasteiger partial charge in [0, 0.05) is 56.2 Å². The Hall–Kier alpha value is -3.52. The van der Waals surface area contributed by atoms with Crippen LogP contribution in [-0.2, 0) is 10.0 Å². The average Bonchev–Trinajstić information content (AvgIpc) is 3.48. The highest BCUT2D eigenvalue weighted by Gasteiger charge is 2.45. The molecule has 4 heterocycles. The number of nitrogens with one attached hydrogen (secondary N) is 2. The van der Waals surface area contributed by atoms with Crippen molar-refractivity contribution in [3.63, 3.8) is 0 Å². The molecule has 3 fully saturated rings. The zero-order valence-corrected chi connectivity index (χ0v) is 24.1. The van der Waals surface area contributed by atoms with Crippen molar-refractivity contribution >= 4 is 50.0 Å². The van der Waals surface area contributed by atoms with Crippen molar-refractivity contribution in [3.05, 3.63) is 35.7 Å². The monoisotopic (exact) mass is 604 g/mol. The van der Waals surface area contributed by atoms with Crippen LogP contribution in [0, 0.1) is 12.3 Å². The third-order valence-corrected chi connectivity index (χ3v) is 9.81. The lowest BCUT2D eigenvalue weighted by Crippen LogP contribution is -2.40. The van der Waals surface area contributed by atoms with Gasteiger partial charge in [0.05, 0.1) is 30.0 Å². The Morgan fingerprint density at radius 2 is 1.74 bits per heavy atom. The van der Waals surface area contributed by atoms with Gasteiger partial charge >= 0.3 is 0 Å². The Morgan fingerprint density at radius 1 is 1.05 bits per heavy atom. The number of carbonyl (C=O) groups is 1. The van der Waals surface area contributed by atoms with Gasteiger partial charge in [0.25, 0.3) is 11.8 Å². The predicted octanol–water partition coefficient (Wildman–Crippen LogP) is 4.13. The first kappa shape index (κ1) is 28.6. The molecule has 226 valence electrons. The molecule has 1 saturated carbocycles. The number of benzene rings is 1. The number of piperidine rings is 2. The molecule has 11 nitrogen and oxygen atoms in total. The van der Waals surface area contributed by atoms with Crippen LogP contribution >= 0.6 is 0 Å². The van der Waals surface area contributed by atoms with Gasteiger partial charge in [-0.1, -0.05) is 0 Å². The second-order valence-electron chi connectivity index (χ2n) is 11.6. The van der Waals surface area contributed by atoms with Crippen molar-refractivity contribution in [2.45, 2.75) is 51.4 Å². The number of aromatic nitrogens is 2. The van der Waals surface area contributed by atoms with Crippen LogP contribution in [0.3, 0.4) is 0 Å². The van der Waals surface area contributed by atoms with Crippen molar-refractivity contribution in [2.75, 3.05) is 58.4 Å². The number of rotatable bonds is 8. The van der Waals surface area contributed by atoms with Crippen LogP contribution in [0.1, 0.15) is 54.6 Å². The van der Waals surface area contributed by atoms with Gasteiger partial charge in [-0.2, -0.15) is 4.98 Å². The van der Waals surface area contributed by atoms with Gasteiger partial charge in [-0.3, -0.25) is 9.52 Å². The van der Waals surface area contributed by atoms with E-state index in [1.165, 1.54) is 19.1 Å². The van der Waals surface area contributed by atoms with E-state index < -0.39 is 34.2 Å². The molecule has 42 heavy (non-hydrogen) atoms. The van der Waals surface area contributed by atoms with E-state index in [2.05, 4.69) is 24.9 Å². The molecule has 6 rings (SSSR count). The van der Waals surface area contributed by atoms with Crippen molar-refractivity contribution in [1.82, 2.24) is 9.97 Å². The molecule has 0 atom stereocenters. The standard InChI is InChI=1S/C28H34F2N6O5S/c1-18-16-22(33-26(31-18)36-11-7-28(29,30)8-12-36)32-25(38)23-21(35-9-5-27(3-4-27)6-10-35)17-20(19-2-14-41-24(19)23)34-42(39,40)15-13-37/h2,14,16-17,34,37H,3-13,15H2,1H3,(H,31,32,33,38). The highest BCUT2D eigenvalue weighted by Crippen LogP contribution is 2.54. The first-order valence-electron chi connectivity index (χ1n) is 14.2. The van der Waals surface area contributed by atoms with Crippen LogP contribution in [0.4, 0.5) is 31.9 Å². The largest absolute Gasteiger partial charge is 0.463 e. The summed E-state index contributed by atoms with van der Waals surface area (Å²) in [6.45, 7) is 2.81. The second-order valence-corrected chi connectivity index (χ2v) is 13.4. The minimum atomic E-state index is -3.85. The molecule has 0 bridgehead atoms. The van der Waals surface area contributed by atoms with Crippen molar-refractivity contribution in [1.29, 1.82) is 0 Å². The maximum absolute atomic E-state index is 14.0. The molecular formula is C28H34F2N6O5S. The first-order valence-corrected chi connectivity index (χ1v) is 15.8. The fourth-order valence-corrected chi connectivity index (χ4v) is 6.73. The van der Waals surface area contributed by atoms with Gasteiger partial charge in [0.2, 0.25) is 16.0 Å². The number of aliphatic hydroxyl groups is 1.